The molecule has 0 saturated carbocycles. The van der Waals surface area contributed by atoms with E-state index in [2.05, 4.69) is 5.10 Å². The van der Waals surface area contributed by atoms with Gasteiger partial charge in [-0.15, -0.1) is 0 Å². The molecule has 0 radical (unpaired) electrons. The van der Waals surface area contributed by atoms with E-state index in [-0.39, 0.29) is 0 Å². The zero-order valence-electron chi connectivity index (χ0n) is 12.1. The Morgan fingerprint density at radius 3 is 2.42 bits per heavy atom. The summed E-state index contributed by atoms with van der Waals surface area (Å²) in [6, 6.07) is 3.92. The van der Waals surface area contributed by atoms with Crippen LogP contribution >= 0.6 is 0 Å². The van der Waals surface area contributed by atoms with Crippen molar-refractivity contribution in [3.05, 3.63) is 46.3 Å². The van der Waals surface area contributed by atoms with Crippen LogP contribution in [0.25, 0.3) is 0 Å². The van der Waals surface area contributed by atoms with Crippen LogP contribution < -0.4 is 4.74 Å². The normalized spacial score (nSPS) is 12.5. The van der Waals surface area contributed by atoms with Gasteiger partial charge < -0.3 is 9.84 Å². The van der Waals surface area contributed by atoms with Gasteiger partial charge in [-0.25, -0.2) is 0 Å². The summed E-state index contributed by atoms with van der Waals surface area (Å²) in [6.45, 7) is 5.93. The zero-order valence-corrected chi connectivity index (χ0v) is 12.1. The van der Waals surface area contributed by atoms with Crippen LogP contribution in [0.4, 0.5) is 0 Å². The van der Waals surface area contributed by atoms with E-state index in [1.54, 1.807) is 11.8 Å². The first-order chi connectivity index (χ1) is 8.95. The van der Waals surface area contributed by atoms with Gasteiger partial charge in [-0.2, -0.15) is 5.10 Å². The lowest BCUT2D eigenvalue weighted by Crippen LogP contribution is -2.05. The fraction of sp³-hybridized carbons (Fsp3) is 0.400. The van der Waals surface area contributed by atoms with Crippen LogP contribution in [0.15, 0.2) is 18.3 Å². The van der Waals surface area contributed by atoms with E-state index >= 15 is 0 Å². The van der Waals surface area contributed by atoms with Crippen LogP contribution in [0.2, 0.25) is 0 Å². The number of aryl methyl sites for hydroxylation is 3. The highest BCUT2D eigenvalue weighted by Gasteiger charge is 2.21. The fourth-order valence-corrected chi connectivity index (χ4v) is 2.35. The van der Waals surface area contributed by atoms with Crippen LogP contribution in [0.3, 0.4) is 0 Å². The number of methoxy groups -OCH3 is 1. The Hall–Kier alpha value is -1.81. The molecular weight excluding hydrogens is 240 g/mol. The van der Waals surface area contributed by atoms with Crippen LogP contribution in [0.1, 0.15) is 34.1 Å². The molecule has 1 heterocycles. The Morgan fingerprint density at radius 2 is 1.89 bits per heavy atom. The summed E-state index contributed by atoms with van der Waals surface area (Å²) in [6.07, 6.45) is 1.12. The number of benzene rings is 1. The average molecular weight is 260 g/mol. The molecule has 1 aromatic heterocycles. The standard InChI is InChI=1S/C15H20N2O2/c1-9-6-7-12(15(19-5)10(9)2)14(18)13-8-17(4)16-11(13)3/h6-8,14,18H,1-5H3. The van der Waals surface area contributed by atoms with Gasteiger partial charge in [0.25, 0.3) is 0 Å². The van der Waals surface area contributed by atoms with Crippen molar-refractivity contribution >= 4 is 0 Å². The van der Waals surface area contributed by atoms with E-state index in [0.29, 0.717) is 0 Å². The summed E-state index contributed by atoms with van der Waals surface area (Å²) in [7, 11) is 3.48. The van der Waals surface area contributed by atoms with Gasteiger partial charge in [-0.3, -0.25) is 4.68 Å². The highest BCUT2D eigenvalue weighted by molar-refractivity contribution is 5.49. The predicted molar refractivity (Wildman–Crippen MR) is 74.5 cm³/mol. The number of aromatic nitrogens is 2. The quantitative estimate of drug-likeness (QED) is 0.922. The maximum Gasteiger partial charge on any atom is 0.128 e. The molecule has 0 aliphatic carbocycles. The molecule has 2 rings (SSSR count). The molecule has 1 N–H and O–H groups in total. The number of ether oxygens (including phenoxy) is 1. The van der Waals surface area contributed by atoms with Crippen molar-refractivity contribution in [3.63, 3.8) is 0 Å². The van der Waals surface area contributed by atoms with E-state index < -0.39 is 6.10 Å². The van der Waals surface area contributed by atoms with E-state index in [9.17, 15) is 5.11 Å². The Labute approximate surface area is 113 Å². The lowest BCUT2D eigenvalue weighted by Gasteiger charge is -2.17. The lowest BCUT2D eigenvalue weighted by atomic mass is 9.97. The highest BCUT2D eigenvalue weighted by atomic mass is 16.5. The molecule has 1 atom stereocenters. The summed E-state index contributed by atoms with van der Waals surface area (Å²) >= 11 is 0. The highest BCUT2D eigenvalue weighted by Crippen LogP contribution is 2.34. The van der Waals surface area contributed by atoms with Crippen molar-refractivity contribution in [2.75, 3.05) is 7.11 Å². The van der Waals surface area contributed by atoms with Gasteiger partial charge in [-0.1, -0.05) is 12.1 Å². The molecule has 0 saturated heterocycles. The largest absolute Gasteiger partial charge is 0.496 e. The van der Waals surface area contributed by atoms with Crippen molar-refractivity contribution in [1.82, 2.24) is 9.78 Å². The predicted octanol–water partition coefficient (Wildman–Crippen LogP) is 2.44. The number of nitrogens with zero attached hydrogens (tertiary/aromatic N) is 2. The minimum atomic E-state index is -0.719. The minimum Gasteiger partial charge on any atom is -0.496 e. The lowest BCUT2D eigenvalue weighted by molar-refractivity contribution is 0.213. The maximum atomic E-state index is 10.6. The van der Waals surface area contributed by atoms with Gasteiger partial charge in [-0.05, 0) is 31.9 Å². The van der Waals surface area contributed by atoms with Gasteiger partial charge in [0, 0.05) is 24.4 Å². The molecule has 4 heteroatoms. The van der Waals surface area contributed by atoms with Crippen molar-refractivity contribution in [2.45, 2.75) is 26.9 Å². The summed E-state index contributed by atoms with van der Waals surface area (Å²) in [5, 5.41) is 14.8. The molecule has 2 aromatic rings. The molecule has 0 fully saturated rings. The van der Waals surface area contributed by atoms with Crippen LogP contribution in [-0.4, -0.2) is 22.0 Å². The van der Waals surface area contributed by atoms with Crippen molar-refractivity contribution in [1.29, 1.82) is 0 Å². The summed E-state index contributed by atoms with van der Waals surface area (Å²) in [5.41, 5.74) is 4.62. The SMILES string of the molecule is COc1c(C(O)c2cn(C)nc2C)ccc(C)c1C. The molecule has 1 aromatic carbocycles. The minimum absolute atomic E-state index is 0.719. The monoisotopic (exact) mass is 260 g/mol. The van der Waals surface area contributed by atoms with Crippen LogP contribution in [0, 0.1) is 20.8 Å². The van der Waals surface area contributed by atoms with Gasteiger partial charge in [0.2, 0.25) is 0 Å². The third-order valence-electron chi connectivity index (χ3n) is 3.55. The van der Waals surface area contributed by atoms with Crippen LogP contribution in [-0.2, 0) is 7.05 Å². The van der Waals surface area contributed by atoms with Gasteiger partial charge >= 0.3 is 0 Å². The average Bonchev–Trinajstić information content (AvgIpc) is 2.71. The van der Waals surface area contributed by atoms with E-state index in [0.717, 1.165) is 33.7 Å². The molecule has 0 aliphatic heterocycles. The fourth-order valence-electron chi connectivity index (χ4n) is 2.35. The van der Waals surface area contributed by atoms with Crippen LogP contribution in [0.5, 0.6) is 5.75 Å². The molecule has 4 nitrogen and oxygen atoms in total. The van der Waals surface area contributed by atoms with Gasteiger partial charge in [0.1, 0.15) is 11.9 Å². The first kappa shape index (κ1) is 13.6. The Balaban J connectivity index is 2.53. The molecule has 0 aliphatic rings. The molecular formula is C15H20N2O2. The van der Waals surface area contributed by atoms with Crippen molar-refractivity contribution < 1.29 is 9.84 Å². The topological polar surface area (TPSA) is 47.3 Å². The van der Waals surface area contributed by atoms with E-state index in [1.807, 2.05) is 46.1 Å². The van der Waals surface area contributed by atoms with E-state index in [4.69, 9.17) is 4.74 Å². The maximum absolute atomic E-state index is 10.6. The van der Waals surface area contributed by atoms with Gasteiger partial charge in [0.15, 0.2) is 0 Å². The van der Waals surface area contributed by atoms with Gasteiger partial charge in [0.05, 0.1) is 12.8 Å². The molecule has 102 valence electrons. The summed E-state index contributed by atoms with van der Waals surface area (Å²) < 4.78 is 7.17. The van der Waals surface area contributed by atoms with Crippen molar-refractivity contribution in [3.8, 4) is 5.75 Å². The molecule has 19 heavy (non-hydrogen) atoms. The third kappa shape index (κ3) is 2.36. The zero-order chi connectivity index (χ0) is 14.2. The number of hydrogen-bond donors (Lipinski definition) is 1. The molecule has 1 unspecified atom stereocenters. The first-order valence-corrected chi connectivity index (χ1v) is 6.28. The smallest absolute Gasteiger partial charge is 0.128 e. The number of aliphatic hydroxyl groups excluding tert-OH is 1. The van der Waals surface area contributed by atoms with Crippen molar-refractivity contribution in [2.24, 2.45) is 7.05 Å². The summed E-state index contributed by atoms with van der Waals surface area (Å²) in [5.74, 6) is 0.746. The second-order valence-corrected chi connectivity index (χ2v) is 4.88. The Morgan fingerprint density at radius 1 is 1.21 bits per heavy atom. The first-order valence-electron chi connectivity index (χ1n) is 6.28. The Kier molecular flexibility index (Phi) is 3.62. The molecule has 0 bridgehead atoms. The summed E-state index contributed by atoms with van der Waals surface area (Å²) in [4.78, 5) is 0. The second-order valence-electron chi connectivity index (χ2n) is 4.88. The number of hydrogen-bond acceptors (Lipinski definition) is 3. The number of rotatable bonds is 3. The number of aliphatic hydroxyl groups is 1. The van der Waals surface area contributed by atoms with E-state index in [1.165, 1.54) is 0 Å². The molecule has 0 amide bonds. The Bertz CT molecular complexity index is 602. The molecule has 0 spiro atoms. The third-order valence-corrected chi connectivity index (χ3v) is 3.55. The second kappa shape index (κ2) is 5.05.